The summed E-state index contributed by atoms with van der Waals surface area (Å²) in [5.74, 6) is -0.465. The van der Waals surface area contributed by atoms with Gasteiger partial charge in [-0.2, -0.15) is 0 Å². The van der Waals surface area contributed by atoms with Crippen molar-refractivity contribution in [3.63, 3.8) is 0 Å². The van der Waals surface area contributed by atoms with Crippen LogP contribution in [-0.2, 0) is 14.6 Å². The Morgan fingerprint density at radius 3 is 2.57 bits per heavy atom. The van der Waals surface area contributed by atoms with E-state index in [1.54, 1.807) is 36.4 Å². The fourth-order valence-electron chi connectivity index (χ4n) is 2.53. The number of para-hydroxylation sites is 1. The van der Waals surface area contributed by atoms with Gasteiger partial charge in [-0.05, 0) is 49.2 Å². The van der Waals surface area contributed by atoms with Crippen LogP contribution in [0.5, 0.6) is 0 Å². The van der Waals surface area contributed by atoms with Crippen molar-refractivity contribution in [2.45, 2.75) is 28.8 Å². The summed E-state index contributed by atoms with van der Waals surface area (Å²) in [4.78, 5) is 20.2. The summed E-state index contributed by atoms with van der Waals surface area (Å²) in [5.41, 5.74) is 8.24. The van der Waals surface area contributed by atoms with Gasteiger partial charge in [-0.15, -0.1) is 0 Å². The van der Waals surface area contributed by atoms with Crippen LogP contribution in [-0.4, -0.2) is 30.0 Å². The molecule has 3 aromatic rings. The number of nitrogens with zero attached hydrogens (tertiary/aromatic N) is 2. The zero-order valence-electron chi connectivity index (χ0n) is 16.2. The number of anilines is 2. The molecule has 0 spiro atoms. The number of aryl methyl sites for hydroxylation is 2. The molecule has 0 atom stereocenters. The van der Waals surface area contributed by atoms with E-state index in [1.807, 2.05) is 13.8 Å². The van der Waals surface area contributed by atoms with E-state index in [4.69, 9.17) is 17.3 Å². The first-order valence-corrected chi connectivity index (χ1v) is 11.6. The molecule has 2 aromatic carbocycles. The number of aromatic nitrogens is 2. The Morgan fingerprint density at radius 2 is 1.90 bits per heavy atom. The average Bonchev–Trinajstić information content (AvgIpc) is 2.70. The maximum absolute atomic E-state index is 12.9. The summed E-state index contributed by atoms with van der Waals surface area (Å²) in [5, 5.41) is 3.31. The smallest absolute Gasteiger partial charge is 0.234 e. The van der Waals surface area contributed by atoms with Crippen LogP contribution in [0, 0.1) is 13.8 Å². The van der Waals surface area contributed by atoms with Crippen molar-refractivity contribution in [2.24, 2.45) is 0 Å². The number of sulfone groups is 1. The summed E-state index contributed by atoms with van der Waals surface area (Å²) in [7, 11) is -3.86. The number of nitrogens with one attached hydrogen (secondary N) is 1. The molecule has 0 aliphatic carbocycles. The van der Waals surface area contributed by atoms with Crippen molar-refractivity contribution in [1.29, 1.82) is 0 Å². The van der Waals surface area contributed by atoms with Gasteiger partial charge in [0.25, 0.3) is 0 Å². The van der Waals surface area contributed by atoms with Gasteiger partial charge in [0.1, 0.15) is 10.7 Å². The molecule has 10 heteroatoms. The minimum atomic E-state index is -3.86. The molecule has 7 nitrogen and oxygen atoms in total. The number of halogens is 1. The maximum atomic E-state index is 12.9. The lowest BCUT2D eigenvalue weighted by Gasteiger charge is -2.10. The van der Waals surface area contributed by atoms with Gasteiger partial charge in [0, 0.05) is 0 Å². The Kier molecular flexibility index (Phi) is 6.64. The van der Waals surface area contributed by atoms with Crippen molar-refractivity contribution in [3.05, 3.63) is 64.8 Å². The summed E-state index contributed by atoms with van der Waals surface area (Å²) >= 11 is 7.05. The predicted molar refractivity (Wildman–Crippen MR) is 119 cm³/mol. The Bertz CT molecular complexity index is 1220. The van der Waals surface area contributed by atoms with E-state index in [9.17, 15) is 13.2 Å². The molecule has 0 saturated heterocycles. The lowest BCUT2D eigenvalue weighted by atomic mass is 10.1. The Labute approximate surface area is 184 Å². The number of thioether (sulfide) groups is 1. The summed E-state index contributed by atoms with van der Waals surface area (Å²) in [6.07, 6.45) is 1.17. The molecule has 1 aromatic heterocycles. The largest absolute Gasteiger partial charge is 0.382 e. The number of hydrogen-bond acceptors (Lipinski definition) is 7. The van der Waals surface area contributed by atoms with E-state index in [2.05, 4.69) is 15.3 Å². The highest BCUT2D eigenvalue weighted by Gasteiger charge is 2.23. The van der Waals surface area contributed by atoms with Crippen LogP contribution in [0.4, 0.5) is 11.5 Å². The molecule has 3 rings (SSSR count). The van der Waals surface area contributed by atoms with Crippen LogP contribution in [0.2, 0.25) is 5.02 Å². The van der Waals surface area contributed by atoms with Crippen molar-refractivity contribution < 1.29 is 13.2 Å². The Morgan fingerprint density at radius 1 is 1.17 bits per heavy atom. The first-order valence-electron chi connectivity index (χ1n) is 8.80. The fourth-order valence-corrected chi connectivity index (χ4v) is 4.68. The Hall–Kier alpha value is -2.62. The third-order valence-electron chi connectivity index (χ3n) is 4.32. The molecule has 156 valence electrons. The molecule has 1 amide bonds. The normalized spacial score (nSPS) is 11.3. The van der Waals surface area contributed by atoms with Gasteiger partial charge in [0.05, 0.1) is 27.6 Å². The van der Waals surface area contributed by atoms with Crippen molar-refractivity contribution in [2.75, 3.05) is 16.8 Å². The van der Waals surface area contributed by atoms with Crippen molar-refractivity contribution in [3.8, 4) is 0 Å². The number of nitrogen functional groups attached to an aromatic ring is 1. The molecule has 1 heterocycles. The van der Waals surface area contributed by atoms with E-state index in [1.165, 1.54) is 12.3 Å². The quantitative estimate of drug-likeness (QED) is 0.421. The lowest BCUT2D eigenvalue weighted by molar-refractivity contribution is -0.113. The second-order valence-electron chi connectivity index (χ2n) is 6.47. The van der Waals surface area contributed by atoms with E-state index in [-0.39, 0.29) is 32.4 Å². The molecule has 0 aliphatic heterocycles. The minimum Gasteiger partial charge on any atom is -0.382 e. The van der Waals surface area contributed by atoms with Crippen molar-refractivity contribution in [1.82, 2.24) is 9.97 Å². The summed E-state index contributed by atoms with van der Waals surface area (Å²) in [6.45, 7) is 3.73. The topological polar surface area (TPSA) is 115 Å². The molecule has 0 unspecified atom stereocenters. The standard InChI is InChI=1S/C20H19ClN4O3S2/c1-12-7-8-14(9-13(12)2)30(27,28)17-10-23-20(25-19(17)22)29-11-18(26)24-16-6-4-3-5-15(16)21/h3-10H,11H2,1-2H3,(H,24,26)(H2,22,23,25). The van der Waals surface area contributed by atoms with Crippen LogP contribution in [0.25, 0.3) is 0 Å². The van der Waals surface area contributed by atoms with Crippen LogP contribution < -0.4 is 11.1 Å². The number of rotatable bonds is 6. The molecule has 3 N–H and O–H groups in total. The lowest BCUT2D eigenvalue weighted by Crippen LogP contribution is -2.15. The molecule has 0 radical (unpaired) electrons. The van der Waals surface area contributed by atoms with Crippen LogP contribution >= 0.6 is 23.4 Å². The van der Waals surface area contributed by atoms with Gasteiger partial charge < -0.3 is 11.1 Å². The number of amides is 1. The first-order chi connectivity index (χ1) is 14.2. The number of nitrogens with two attached hydrogens (primary N) is 1. The first kappa shape index (κ1) is 22.1. The number of carbonyl (C=O) groups excluding carboxylic acids is 1. The second kappa shape index (κ2) is 9.03. The highest BCUT2D eigenvalue weighted by molar-refractivity contribution is 7.99. The van der Waals surface area contributed by atoms with E-state index in [0.717, 1.165) is 22.9 Å². The third kappa shape index (κ3) is 4.92. The highest BCUT2D eigenvalue weighted by Crippen LogP contribution is 2.27. The molecule has 0 saturated carbocycles. The van der Waals surface area contributed by atoms with E-state index < -0.39 is 9.84 Å². The van der Waals surface area contributed by atoms with Gasteiger partial charge in [-0.25, -0.2) is 18.4 Å². The van der Waals surface area contributed by atoms with Gasteiger partial charge in [-0.1, -0.05) is 41.6 Å². The van der Waals surface area contributed by atoms with E-state index in [0.29, 0.717) is 10.7 Å². The monoisotopic (exact) mass is 462 g/mol. The number of carbonyl (C=O) groups is 1. The summed E-state index contributed by atoms with van der Waals surface area (Å²) in [6, 6.07) is 11.7. The average molecular weight is 463 g/mol. The van der Waals surface area contributed by atoms with Gasteiger partial charge in [-0.3, -0.25) is 4.79 Å². The van der Waals surface area contributed by atoms with Crippen molar-refractivity contribution >= 4 is 50.6 Å². The summed E-state index contributed by atoms with van der Waals surface area (Å²) < 4.78 is 25.8. The Balaban J connectivity index is 1.72. The third-order valence-corrected chi connectivity index (χ3v) is 7.28. The van der Waals surface area contributed by atoms with E-state index >= 15 is 0 Å². The second-order valence-corrected chi connectivity index (χ2v) is 9.74. The molecular weight excluding hydrogens is 444 g/mol. The molecule has 30 heavy (non-hydrogen) atoms. The van der Waals surface area contributed by atoms with Gasteiger partial charge in [0.2, 0.25) is 15.7 Å². The minimum absolute atomic E-state index is 0.00785. The molecule has 0 bridgehead atoms. The molecular formula is C20H19ClN4O3S2. The maximum Gasteiger partial charge on any atom is 0.234 e. The van der Waals surface area contributed by atoms with Crippen LogP contribution in [0.3, 0.4) is 0 Å². The fraction of sp³-hybridized carbons (Fsp3) is 0.150. The van der Waals surface area contributed by atoms with Crippen LogP contribution in [0.1, 0.15) is 11.1 Å². The predicted octanol–water partition coefficient (Wildman–Crippen LogP) is 3.89. The molecule has 0 aliphatic rings. The zero-order chi connectivity index (χ0) is 21.9. The van der Waals surface area contributed by atoms with Gasteiger partial charge >= 0.3 is 0 Å². The number of hydrogen-bond donors (Lipinski definition) is 2. The SMILES string of the molecule is Cc1ccc(S(=O)(=O)c2cnc(SCC(=O)Nc3ccccc3Cl)nc2N)cc1C. The molecule has 0 fully saturated rings. The zero-order valence-corrected chi connectivity index (χ0v) is 18.6. The van der Waals surface area contributed by atoms with Gasteiger partial charge in [0.15, 0.2) is 5.16 Å². The number of benzene rings is 2. The van der Waals surface area contributed by atoms with Crippen LogP contribution in [0.15, 0.2) is 63.6 Å². The highest BCUT2D eigenvalue weighted by atomic mass is 35.5.